The Labute approximate surface area is 157 Å². The normalized spacial score (nSPS) is 15.8. The molecule has 2 N–H and O–H groups in total. The van der Waals surface area contributed by atoms with Crippen molar-refractivity contribution in [3.63, 3.8) is 0 Å². The topological polar surface area (TPSA) is 146 Å². The molecule has 0 atom stereocenters. The molecule has 0 aromatic heterocycles. The zero-order valence-electron chi connectivity index (χ0n) is 16.1. The number of ketones is 2. The smallest absolute Gasteiger partial charge is 0.324 e. The number of carbonyl (C=O) groups is 4. The first kappa shape index (κ1) is 25.1. The van der Waals surface area contributed by atoms with Crippen molar-refractivity contribution in [2.24, 2.45) is 10.8 Å². The first-order chi connectivity index (χ1) is 12.7. The van der Waals surface area contributed by atoms with Crippen LogP contribution < -0.4 is 0 Å². The lowest BCUT2D eigenvalue weighted by Crippen LogP contribution is -2.50. The number of rotatable bonds is 8. The number of Topliss-reactive ketones (excluding diaryl/α,β-unsaturated/α-hetero) is 2. The van der Waals surface area contributed by atoms with Crippen LogP contribution in [0.4, 0.5) is 0 Å². The number of hydrogen-bond acceptors (Lipinski definition) is 10. The Morgan fingerprint density at radius 2 is 1.44 bits per heavy atom. The van der Waals surface area contributed by atoms with Crippen LogP contribution in [-0.4, -0.2) is 80.2 Å². The van der Waals surface area contributed by atoms with Crippen LogP contribution in [-0.2, 0) is 38.1 Å². The average Bonchev–Trinajstić information content (AvgIpc) is 2.64. The number of ether oxygens (including phenoxy) is 4. The molecule has 0 bridgehead atoms. The first-order valence-corrected chi connectivity index (χ1v) is 8.42. The van der Waals surface area contributed by atoms with Crippen molar-refractivity contribution in [1.29, 1.82) is 0 Å². The summed E-state index contributed by atoms with van der Waals surface area (Å²) in [7, 11) is 0. The Morgan fingerprint density at radius 1 is 0.963 bits per heavy atom. The number of esters is 2. The van der Waals surface area contributed by atoms with Gasteiger partial charge >= 0.3 is 11.9 Å². The molecular weight excluding hydrogens is 364 g/mol. The summed E-state index contributed by atoms with van der Waals surface area (Å²) in [4.78, 5) is 45.2. The van der Waals surface area contributed by atoms with E-state index in [2.05, 4.69) is 4.74 Å². The molecule has 10 nitrogen and oxygen atoms in total. The summed E-state index contributed by atoms with van der Waals surface area (Å²) in [5, 5.41) is 17.7. The van der Waals surface area contributed by atoms with Gasteiger partial charge in [0.15, 0.2) is 22.4 Å². The lowest BCUT2D eigenvalue weighted by atomic mass is 9.85. The van der Waals surface area contributed by atoms with E-state index < -0.39 is 41.8 Å². The predicted octanol–water partition coefficient (Wildman–Crippen LogP) is -0.761. The largest absolute Gasteiger partial charge is 0.465 e. The monoisotopic (exact) mass is 392 g/mol. The first-order valence-electron chi connectivity index (χ1n) is 8.42. The van der Waals surface area contributed by atoms with Gasteiger partial charge < -0.3 is 29.2 Å². The van der Waals surface area contributed by atoms with E-state index in [1.165, 1.54) is 6.92 Å². The van der Waals surface area contributed by atoms with Crippen molar-refractivity contribution in [2.75, 3.05) is 46.4 Å². The van der Waals surface area contributed by atoms with Crippen LogP contribution in [0.2, 0.25) is 0 Å². The van der Waals surface area contributed by atoms with Gasteiger partial charge in [0.1, 0.15) is 6.79 Å². The predicted molar refractivity (Wildman–Crippen MR) is 90.4 cm³/mol. The fourth-order valence-corrected chi connectivity index (χ4v) is 2.08. The SMILES string of the molecule is CCOC(=O)C(CO)(CO)C(C)=O.CCOC(=O)C1(C(C)=O)COCOC1. The van der Waals surface area contributed by atoms with E-state index >= 15 is 0 Å². The highest BCUT2D eigenvalue weighted by molar-refractivity contribution is 6.03. The van der Waals surface area contributed by atoms with Gasteiger partial charge in [-0.2, -0.15) is 0 Å². The van der Waals surface area contributed by atoms with Crippen LogP contribution in [0.25, 0.3) is 0 Å². The van der Waals surface area contributed by atoms with Crippen molar-refractivity contribution in [1.82, 2.24) is 0 Å². The molecule has 27 heavy (non-hydrogen) atoms. The van der Waals surface area contributed by atoms with Crippen LogP contribution >= 0.6 is 0 Å². The van der Waals surface area contributed by atoms with Gasteiger partial charge in [0.25, 0.3) is 0 Å². The third kappa shape index (κ3) is 6.06. The van der Waals surface area contributed by atoms with Crippen LogP contribution in [0.3, 0.4) is 0 Å². The Kier molecular flexibility index (Phi) is 10.9. The van der Waals surface area contributed by atoms with E-state index in [9.17, 15) is 19.2 Å². The number of carbonyl (C=O) groups excluding carboxylic acids is 4. The van der Waals surface area contributed by atoms with Crippen molar-refractivity contribution in [3.05, 3.63) is 0 Å². The van der Waals surface area contributed by atoms with Crippen molar-refractivity contribution >= 4 is 23.5 Å². The summed E-state index contributed by atoms with van der Waals surface area (Å²) >= 11 is 0. The second kappa shape index (κ2) is 11.8. The fourth-order valence-electron chi connectivity index (χ4n) is 2.08. The molecule has 1 heterocycles. The van der Waals surface area contributed by atoms with Gasteiger partial charge in [-0.15, -0.1) is 0 Å². The van der Waals surface area contributed by atoms with E-state index in [0.29, 0.717) is 0 Å². The third-order valence-electron chi connectivity index (χ3n) is 4.08. The van der Waals surface area contributed by atoms with Crippen molar-refractivity contribution in [2.45, 2.75) is 27.7 Å². The van der Waals surface area contributed by atoms with E-state index in [0.717, 1.165) is 6.92 Å². The van der Waals surface area contributed by atoms with Crippen molar-refractivity contribution < 1.29 is 48.3 Å². The zero-order chi connectivity index (χ0) is 21.1. The maximum absolute atomic E-state index is 11.6. The molecule has 1 saturated heterocycles. The molecule has 1 rings (SSSR count). The number of aliphatic hydroxyl groups is 2. The highest BCUT2D eigenvalue weighted by Crippen LogP contribution is 2.25. The van der Waals surface area contributed by atoms with Gasteiger partial charge in [-0.05, 0) is 27.7 Å². The van der Waals surface area contributed by atoms with Crippen LogP contribution in [0.1, 0.15) is 27.7 Å². The van der Waals surface area contributed by atoms with E-state index in [-0.39, 0.29) is 39.0 Å². The minimum Gasteiger partial charge on any atom is -0.465 e. The molecule has 1 fully saturated rings. The van der Waals surface area contributed by atoms with Crippen molar-refractivity contribution in [3.8, 4) is 0 Å². The Morgan fingerprint density at radius 3 is 1.78 bits per heavy atom. The summed E-state index contributed by atoms with van der Waals surface area (Å²) in [6.07, 6.45) is 0. The van der Waals surface area contributed by atoms with Gasteiger partial charge in [0.05, 0.1) is 39.6 Å². The molecule has 156 valence electrons. The molecule has 0 amide bonds. The van der Waals surface area contributed by atoms with E-state index in [1.807, 2.05) is 0 Å². The van der Waals surface area contributed by atoms with E-state index in [4.69, 9.17) is 24.4 Å². The summed E-state index contributed by atoms with van der Waals surface area (Å²) < 4.78 is 19.3. The third-order valence-corrected chi connectivity index (χ3v) is 4.08. The second-order valence-corrected chi connectivity index (χ2v) is 5.85. The summed E-state index contributed by atoms with van der Waals surface area (Å²) in [5.41, 5.74) is -3.05. The average molecular weight is 392 g/mol. The molecule has 0 radical (unpaired) electrons. The van der Waals surface area contributed by atoms with Gasteiger partial charge in [0, 0.05) is 0 Å². The van der Waals surface area contributed by atoms with Crippen LogP contribution in [0, 0.1) is 10.8 Å². The van der Waals surface area contributed by atoms with Gasteiger partial charge in [0.2, 0.25) is 0 Å². The second-order valence-electron chi connectivity index (χ2n) is 5.85. The maximum atomic E-state index is 11.6. The highest BCUT2D eigenvalue weighted by Gasteiger charge is 2.47. The minimum absolute atomic E-state index is 0.0428. The Hall–Kier alpha value is -1.88. The maximum Gasteiger partial charge on any atom is 0.324 e. The van der Waals surface area contributed by atoms with Gasteiger partial charge in [-0.25, -0.2) is 0 Å². The van der Waals surface area contributed by atoms with E-state index in [1.54, 1.807) is 13.8 Å². The van der Waals surface area contributed by atoms with Gasteiger partial charge in [-0.3, -0.25) is 19.2 Å². The molecule has 1 aliphatic heterocycles. The molecule has 0 saturated carbocycles. The Bertz CT molecular complexity index is 518. The zero-order valence-corrected chi connectivity index (χ0v) is 16.1. The summed E-state index contributed by atoms with van der Waals surface area (Å²) in [6, 6.07) is 0. The lowest BCUT2D eigenvalue weighted by Gasteiger charge is -2.31. The summed E-state index contributed by atoms with van der Waals surface area (Å²) in [6.45, 7) is 4.82. The summed E-state index contributed by atoms with van der Waals surface area (Å²) in [5.74, 6) is -2.33. The highest BCUT2D eigenvalue weighted by atomic mass is 16.7. The lowest BCUT2D eigenvalue weighted by molar-refractivity contribution is -0.195. The van der Waals surface area contributed by atoms with Crippen LogP contribution in [0.5, 0.6) is 0 Å². The molecule has 0 spiro atoms. The minimum atomic E-state index is -1.80. The molecule has 0 aliphatic carbocycles. The van der Waals surface area contributed by atoms with Gasteiger partial charge in [-0.1, -0.05) is 0 Å². The standard InChI is InChI=1S/C9H14O5.C8H14O5/c1-3-14-8(11)9(7(2)10)4-12-6-13-5-9;1-3-13-7(12)8(4-9,5-10)6(2)11/h3-6H2,1-2H3;9-10H,3-5H2,1-2H3. The molecule has 0 aromatic carbocycles. The number of hydrogen-bond donors (Lipinski definition) is 2. The molecular formula is C17H28O10. The molecule has 0 aromatic rings. The Balaban J connectivity index is 0.000000503. The fraction of sp³-hybridized carbons (Fsp3) is 0.765. The molecule has 0 unspecified atom stereocenters. The molecule has 1 aliphatic rings. The quantitative estimate of drug-likeness (QED) is 0.399. The number of aliphatic hydroxyl groups excluding tert-OH is 2. The van der Waals surface area contributed by atoms with Crippen LogP contribution in [0.15, 0.2) is 0 Å². The molecule has 10 heteroatoms.